The molecule has 1 saturated heterocycles. The standard InChI is InChI=1S/C24H28O10/c1-12(26)31-10-16-15(9-25)22(13-5-17(28-2)21(27)18(6-13)29-3)34-23(16)14-7-19(30-4)24-20(8-14)32-11-33-24/h5-8,15-16,22-23,25,27H,9-11H2,1-4H3/t15-,16-,22+,23+/m0/s1. The predicted molar refractivity (Wildman–Crippen MR) is 118 cm³/mol. The molecule has 0 saturated carbocycles. The first-order chi connectivity index (χ1) is 16.4. The highest BCUT2D eigenvalue weighted by atomic mass is 16.7. The van der Waals surface area contributed by atoms with Gasteiger partial charge in [0.15, 0.2) is 23.0 Å². The number of carbonyl (C=O) groups is 1. The van der Waals surface area contributed by atoms with Gasteiger partial charge in [-0.3, -0.25) is 4.79 Å². The van der Waals surface area contributed by atoms with Gasteiger partial charge in [-0.2, -0.15) is 0 Å². The number of ether oxygens (including phenoxy) is 7. The molecule has 34 heavy (non-hydrogen) atoms. The number of aromatic hydroxyl groups is 1. The molecule has 0 amide bonds. The van der Waals surface area contributed by atoms with Crippen molar-refractivity contribution in [1.29, 1.82) is 0 Å². The smallest absolute Gasteiger partial charge is 0.302 e. The van der Waals surface area contributed by atoms with Crippen molar-refractivity contribution >= 4 is 5.97 Å². The van der Waals surface area contributed by atoms with Gasteiger partial charge in [-0.1, -0.05) is 0 Å². The lowest BCUT2D eigenvalue weighted by Crippen LogP contribution is -2.25. The number of carbonyl (C=O) groups excluding carboxylic acids is 1. The van der Waals surface area contributed by atoms with Gasteiger partial charge in [-0.25, -0.2) is 0 Å². The predicted octanol–water partition coefficient (Wildman–Crippen LogP) is 2.75. The third kappa shape index (κ3) is 4.26. The first-order valence-electron chi connectivity index (χ1n) is 10.7. The van der Waals surface area contributed by atoms with Crippen molar-refractivity contribution < 1.29 is 48.2 Å². The molecular weight excluding hydrogens is 448 g/mol. The summed E-state index contributed by atoms with van der Waals surface area (Å²) in [5, 5.41) is 20.7. The van der Waals surface area contributed by atoms with E-state index in [-0.39, 0.29) is 37.3 Å². The van der Waals surface area contributed by atoms with Crippen LogP contribution in [0.25, 0.3) is 0 Å². The van der Waals surface area contributed by atoms with Crippen LogP contribution in [-0.4, -0.2) is 57.5 Å². The zero-order valence-electron chi connectivity index (χ0n) is 19.4. The van der Waals surface area contributed by atoms with Crippen LogP contribution in [-0.2, 0) is 14.3 Å². The van der Waals surface area contributed by atoms with Crippen LogP contribution in [0.5, 0.6) is 34.5 Å². The molecule has 184 valence electrons. The van der Waals surface area contributed by atoms with Gasteiger partial charge in [0.25, 0.3) is 0 Å². The van der Waals surface area contributed by atoms with E-state index in [1.807, 2.05) is 0 Å². The Morgan fingerprint density at radius 1 is 0.941 bits per heavy atom. The van der Waals surface area contributed by atoms with Gasteiger partial charge in [-0.15, -0.1) is 0 Å². The number of hydrogen-bond donors (Lipinski definition) is 2. The monoisotopic (exact) mass is 476 g/mol. The summed E-state index contributed by atoms with van der Waals surface area (Å²) in [5.41, 5.74) is 1.35. The number of methoxy groups -OCH3 is 3. The molecule has 2 aliphatic rings. The zero-order valence-corrected chi connectivity index (χ0v) is 19.4. The minimum atomic E-state index is -0.615. The number of fused-ring (bicyclic) bond motifs is 1. The van der Waals surface area contributed by atoms with Gasteiger partial charge in [0.2, 0.25) is 18.3 Å². The minimum Gasteiger partial charge on any atom is -0.502 e. The highest BCUT2D eigenvalue weighted by Crippen LogP contribution is 2.53. The Hall–Kier alpha value is -3.37. The van der Waals surface area contributed by atoms with E-state index in [4.69, 9.17) is 33.2 Å². The second-order valence-corrected chi connectivity index (χ2v) is 8.02. The zero-order chi connectivity index (χ0) is 24.4. The molecule has 1 fully saturated rings. The fourth-order valence-electron chi connectivity index (χ4n) is 4.51. The van der Waals surface area contributed by atoms with E-state index in [0.717, 1.165) is 5.56 Å². The molecule has 0 aromatic heterocycles. The van der Waals surface area contributed by atoms with Crippen molar-refractivity contribution in [2.45, 2.75) is 19.1 Å². The fraction of sp³-hybridized carbons (Fsp3) is 0.458. The van der Waals surface area contributed by atoms with Gasteiger partial charge in [0.1, 0.15) is 0 Å². The molecule has 4 rings (SSSR count). The first kappa shape index (κ1) is 23.8. The van der Waals surface area contributed by atoms with Crippen molar-refractivity contribution in [2.24, 2.45) is 11.8 Å². The average Bonchev–Trinajstić information content (AvgIpc) is 3.46. The Morgan fingerprint density at radius 3 is 2.12 bits per heavy atom. The van der Waals surface area contributed by atoms with Crippen LogP contribution in [0, 0.1) is 11.8 Å². The van der Waals surface area contributed by atoms with Crippen molar-refractivity contribution in [3.63, 3.8) is 0 Å². The molecule has 2 aliphatic heterocycles. The van der Waals surface area contributed by atoms with Crippen molar-refractivity contribution in [3.8, 4) is 34.5 Å². The van der Waals surface area contributed by atoms with Crippen LogP contribution >= 0.6 is 0 Å². The van der Waals surface area contributed by atoms with E-state index in [1.54, 1.807) is 24.3 Å². The number of esters is 1. The highest BCUT2D eigenvalue weighted by Gasteiger charge is 2.47. The van der Waals surface area contributed by atoms with E-state index < -0.39 is 30.0 Å². The van der Waals surface area contributed by atoms with Crippen LogP contribution < -0.4 is 23.7 Å². The lowest BCUT2D eigenvalue weighted by Gasteiger charge is -2.23. The summed E-state index contributed by atoms with van der Waals surface area (Å²) in [4.78, 5) is 11.6. The number of hydrogen-bond acceptors (Lipinski definition) is 10. The normalized spacial score (nSPS) is 23.0. The lowest BCUT2D eigenvalue weighted by atomic mass is 9.83. The van der Waals surface area contributed by atoms with Crippen molar-refractivity contribution in [1.82, 2.24) is 0 Å². The minimum absolute atomic E-state index is 0.0326. The van der Waals surface area contributed by atoms with Crippen molar-refractivity contribution in [3.05, 3.63) is 35.4 Å². The van der Waals surface area contributed by atoms with Gasteiger partial charge >= 0.3 is 5.97 Å². The maximum absolute atomic E-state index is 11.6. The molecule has 0 spiro atoms. The van der Waals surface area contributed by atoms with Crippen LogP contribution in [0.15, 0.2) is 24.3 Å². The Balaban J connectivity index is 1.77. The van der Waals surface area contributed by atoms with Gasteiger partial charge in [0.05, 0.1) is 40.1 Å². The maximum Gasteiger partial charge on any atom is 0.302 e. The highest BCUT2D eigenvalue weighted by molar-refractivity contribution is 5.66. The van der Waals surface area contributed by atoms with E-state index in [0.29, 0.717) is 22.8 Å². The first-order valence-corrected chi connectivity index (χ1v) is 10.7. The Bertz CT molecular complexity index is 1030. The van der Waals surface area contributed by atoms with Crippen LogP contribution in [0.3, 0.4) is 0 Å². The van der Waals surface area contributed by atoms with E-state index in [1.165, 1.54) is 28.3 Å². The molecule has 10 heteroatoms. The number of aliphatic hydroxyl groups is 1. The molecule has 0 aliphatic carbocycles. The number of rotatable bonds is 8. The molecule has 2 aromatic carbocycles. The second kappa shape index (κ2) is 9.86. The summed E-state index contributed by atoms with van der Waals surface area (Å²) >= 11 is 0. The summed E-state index contributed by atoms with van der Waals surface area (Å²) in [6, 6.07) is 6.85. The van der Waals surface area contributed by atoms with E-state index >= 15 is 0 Å². The van der Waals surface area contributed by atoms with Gasteiger partial charge in [0, 0.05) is 25.4 Å². The fourth-order valence-corrected chi connectivity index (χ4v) is 4.51. The van der Waals surface area contributed by atoms with Crippen LogP contribution in [0.2, 0.25) is 0 Å². The Morgan fingerprint density at radius 2 is 1.53 bits per heavy atom. The Labute approximate surface area is 196 Å². The topological polar surface area (TPSA) is 122 Å². The van der Waals surface area contributed by atoms with Gasteiger partial charge in [-0.05, 0) is 35.4 Å². The summed E-state index contributed by atoms with van der Waals surface area (Å²) in [6.45, 7) is 1.20. The number of benzene rings is 2. The summed E-state index contributed by atoms with van der Waals surface area (Å²) in [5.74, 6) is 0.506. The maximum atomic E-state index is 11.6. The third-order valence-corrected chi connectivity index (χ3v) is 6.15. The number of phenolic OH excluding ortho intramolecular Hbond substituents is 1. The molecule has 2 N–H and O–H groups in total. The van der Waals surface area contributed by atoms with E-state index in [9.17, 15) is 15.0 Å². The SMILES string of the molecule is COc1cc([C@H]2O[C@H](c3cc(OC)c4c(c3)OCO4)[C@@H](COC(C)=O)[C@@H]2CO)cc(OC)c1O. The van der Waals surface area contributed by atoms with Crippen LogP contribution in [0.1, 0.15) is 30.3 Å². The van der Waals surface area contributed by atoms with E-state index in [2.05, 4.69) is 0 Å². The number of phenols is 1. The molecular formula is C24H28O10. The van der Waals surface area contributed by atoms with Gasteiger partial charge < -0.3 is 43.4 Å². The molecule has 0 unspecified atom stereocenters. The summed E-state index contributed by atoms with van der Waals surface area (Å²) in [6.07, 6.45) is -1.19. The summed E-state index contributed by atoms with van der Waals surface area (Å²) < 4.78 is 38.9. The molecule has 4 atom stereocenters. The molecule has 0 bridgehead atoms. The molecule has 0 radical (unpaired) electrons. The molecule has 2 aromatic rings. The molecule has 10 nitrogen and oxygen atoms in total. The summed E-state index contributed by atoms with van der Waals surface area (Å²) in [7, 11) is 4.40. The quantitative estimate of drug-likeness (QED) is 0.550. The van der Waals surface area contributed by atoms with Crippen molar-refractivity contribution in [2.75, 3.05) is 41.3 Å². The largest absolute Gasteiger partial charge is 0.502 e. The average molecular weight is 476 g/mol. The van der Waals surface area contributed by atoms with Crippen LogP contribution in [0.4, 0.5) is 0 Å². The number of aliphatic hydroxyl groups excluding tert-OH is 1. The lowest BCUT2D eigenvalue weighted by molar-refractivity contribution is -0.143. The second-order valence-electron chi connectivity index (χ2n) is 8.02. The Kier molecular flexibility index (Phi) is 6.90. The molecule has 2 heterocycles. The third-order valence-electron chi connectivity index (χ3n) is 6.15.